The Bertz CT molecular complexity index is 825. The molecule has 1 aliphatic rings. The monoisotopic (exact) mass is 405 g/mol. The van der Waals surface area contributed by atoms with Crippen molar-refractivity contribution in [3.05, 3.63) is 46.0 Å². The van der Waals surface area contributed by atoms with Crippen molar-refractivity contribution < 1.29 is 18.9 Å². The minimum absolute atomic E-state index is 0.214. The van der Waals surface area contributed by atoms with Crippen LogP contribution < -0.4 is 24.3 Å². The van der Waals surface area contributed by atoms with Crippen LogP contribution in [0.15, 0.2) is 24.3 Å². The fourth-order valence-electron chi connectivity index (χ4n) is 3.37. The molecular formula is C22H28ClNO4. The fourth-order valence-corrected chi connectivity index (χ4v) is 3.66. The number of rotatable bonds is 9. The van der Waals surface area contributed by atoms with Crippen LogP contribution in [0.4, 0.5) is 0 Å². The van der Waals surface area contributed by atoms with Crippen LogP contribution in [-0.4, -0.2) is 26.9 Å². The van der Waals surface area contributed by atoms with Gasteiger partial charge in [-0.15, -0.1) is 0 Å². The lowest BCUT2D eigenvalue weighted by atomic mass is 10.1. The lowest BCUT2D eigenvalue weighted by molar-refractivity contribution is 0.254. The van der Waals surface area contributed by atoms with Gasteiger partial charge in [0.1, 0.15) is 17.6 Å². The molecule has 1 atom stereocenters. The second kappa shape index (κ2) is 9.39. The minimum Gasteiger partial charge on any atom is -0.496 e. The van der Waals surface area contributed by atoms with Crippen molar-refractivity contribution in [1.29, 1.82) is 0 Å². The highest BCUT2D eigenvalue weighted by atomic mass is 35.5. The number of nitrogens with one attached hydrogen (secondary N) is 1. The molecule has 6 heteroatoms. The van der Waals surface area contributed by atoms with Crippen LogP contribution in [0.5, 0.6) is 23.0 Å². The Morgan fingerprint density at radius 2 is 1.89 bits per heavy atom. The summed E-state index contributed by atoms with van der Waals surface area (Å²) in [5.74, 6) is 3.08. The van der Waals surface area contributed by atoms with Crippen molar-refractivity contribution in [2.45, 2.75) is 45.9 Å². The smallest absolute Gasteiger partial charge is 0.179 e. The van der Waals surface area contributed by atoms with E-state index < -0.39 is 0 Å². The lowest BCUT2D eigenvalue weighted by Crippen LogP contribution is -2.14. The van der Waals surface area contributed by atoms with Gasteiger partial charge in [-0.05, 0) is 43.2 Å². The van der Waals surface area contributed by atoms with Gasteiger partial charge in [0.05, 0.1) is 25.8 Å². The van der Waals surface area contributed by atoms with Crippen molar-refractivity contribution in [2.75, 3.05) is 20.8 Å². The molecule has 3 rings (SSSR count). The molecule has 152 valence electrons. The Kier molecular flexibility index (Phi) is 6.92. The van der Waals surface area contributed by atoms with E-state index >= 15 is 0 Å². The zero-order valence-electron chi connectivity index (χ0n) is 16.9. The van der Waals surface area contributed by atoms with Gasteiger partial charge in [-0.25, -0.2) is 0 Å². The first kappa shape index (κ1) is 20.6. The average molecular weight is 406 g/mol. The Labute approximate surface area is 171 Å². The molecule has 1 unspecified atom stereocenters. The van der Waals surface area contributed by atoms with Crippen LogP contribution in [0.25, 0.3) is 0 Å². The van der Waals surface area contributed by atoms with Crippen molar-refractivity contribution in [3.8, 4) is 23.0 Å². The maximum Gasteiger partial charge on any atom is 0.179 e. The molecular weight excluding hydrogens is 378 g/mol. The first-order chi connectivity index (χ1) is 13.5. The van der Waals surface area contributed by atoms with Gasteiger partial charge in [0.15, 0.2) is 11.5 Å². The maximum absolute atomic E-state index is 6.40. The summed E-state index contributed by atoms with van der Waals surface area (Å²) in [6, 6.07) is 8.01. The van der Waals surface area contributed by atoms with Gasteiger partial charge in [-0.2, -0.15) is 0 Å². The maximum atomic E-state index is 6.40. The third-order valence-corrected chi connectivity index (χ3v) is 4.96. The molecule has 0 saturated heterocycles. The molecule has 2 aromatic carbocycles. The third-order valence-electron chi connectivity index (χ3n) is 4.68. The van der Waals surface area contributed by atoms with Gasteiger partial charge in [-0.1, -0.05) is 18.5 Å². The van der Waals surface area contributed by atoms with E-state index in [0.29, 0.717) is 36.2 Å². The zero-order valence-corrected chi connectivity index (χ0v) is 17.7. The topological polar surface area (TPSA) is 49.0 Å². The number of hydrogen-bond donors (Lipinski definition) is 1. The van der Waals surface area contributed by atoms with Crippen molar-refractivity contribution in [1.82, 2.24) is 5.32 Å². The predicted octanol–water partition coefficient (Wildman–Crippen LogP) is 4.76. The van der Waals surface area contributed by atoms with Crippen molar-refractivity contribution >= 4 is 11.6 Å². The van der Waals surface area contributed by atoms with Gasteiger partial charge in [0, 0.05) is 30.6 Å². The molecule has 1 aliphatic heterocycles. The van der Waals surface area contributed by atoms with Crippen LogP contribution in [0, 0.1) is 0 Å². The van der Waals surface area contributed by atoms with E-state index in [1.54, 1.807) is 14.2 Å². The van der Waals surface area contributed by atoms with Crippen molar-refractivity contribution in [2.24, 2.45) is 0 Å². The molecule has 0 fully saturated rings. The van der Waals surface area contributed by atoms with Crippen LogP contribution in [0.2, 0.25) is 5.02 Å². The van der Waals surface area contributed by atoms with E-state index in [1.807, 2.05) is 12.1 Å². The normalized spacial score (nSPS) is 15.1. The molecule has 5 nitrogen and oxygen atoms in total. The number of hydrogen-bond acceptors (Lipinski definition) is 5. The number of ether oxygens (including phenoxy) is 4. The van der Waals surface area contributed by atoms with Crippen LogP contribution in [0.3, 0.4) is 0 Å². The van der Waals surface area contributed by atoms with E-state index in [4.69, 9.17) is 30.5 Å². The van der Waals surface area contributed by atoms with Crippen LogP contribution in [-0.2, 0) is 19.5 Å². The number of benzene rings is 2. The van der Waals surface area contributed by atoms with Gasteiger partial charge in [-0.3, -0.25) is 0 Å². The average Bonchev–Trinajstić information content (AvgIpc) is 3.04. The highest BCUT2D eigenvalue weighted by molar-refractivity contribution is 6.32. The summed E-state index contributed by atoms with van der Waals surface area (Å²) in [7, 11) is 3.32. The lowest BCUT2D eigenvalue weighted by Gasteiger charge is -2.15. The van der Waals surface area contributed by atoms with E-state index in [1.165, 1.54) is 5.56 Å². The zero-order chi connectivity index (χ0) is 20.1. The third kappa shape index (κ3) is 4.65. The molecule has 0 saturated carbocycles. The second-order valence-electron chi connectivity index (χ2n) is 6.97. The molecule has 0 spiro atoms. The Balaban J connectivity index is 1.68. The first-order valence-electron chi connectivity index (χ1n) is 9.62. The number of halogens is 1. The van der Waals surface area contributed by atoms with Gasteiger partial charge in [0.2, 0.25) is 0 Å². The summed E-state index contributed by atoms with van der Waals surface area (Å²) >= 11 is 6.40. The van der Waals surface area contributed by atoms with Crippen LogP contribution in [0.1, 0.15) is 37.0 Å². The van der Waals surface area contributed by atoms with E-state index in [9.17, 15) is 0 Å². The number of methoxy groups -OCH3 is 2. The summed E-state index contributed by atoms with van der Waals surface area (Å²) in [4.78, 5) is 0. The fraction of sp³-hybridized carbons (Fsp3) is 0.455. The second-order valence-corrected chi connectivity index (χ2v) is 7.37. The first-order valence-corrected chi connectivity index (χ1v) is 9.99. The highest BCUT2D eigenvalue weighted by Crippen LogP contribution is 2.37. The van der Waals surface area contributed by atoms with E-state index in [-0.39, 0.29) is 6.10 Å². The largest absolute Gasteiger partial charge is 0.496 e. The molecule has 28 heavy (non-hydrogen) atoms. The molecule has 2 aromatic rings. The summed E-state index contributed by atoms with van der Waals surface area (Å²) in [5, 5.41) is 4.00. The quantitative estimate of drug-likeness (QED) is 0.651. The van der Waals surface area contributed by atoms with Gasteiger partial charge < -0.3 is 24.3 Å². The summed E-state index contributed by atoms with van der Waals surface area (Å²) in [6.45, 7) is 6.03. The predicted molar refractivity (Wildman–Crippen MR) is 111 cm³/mol. The van der Waals surface area contributed by atoms with Crippen LogP contribution >= 0.6 is 11.6 Å². The van der Waals surface area contributed by atoms with E-state index in [2.05, 4.69) is 31.3 Å². The highest BCUT2D eigenvalue weighted by Gasteiger charge is 2.21. The van der Waals surface area contributed by atoms with Gasteiger partial charge in [0.25, 0.3) is 0 Å². The molecule has 0 amide bonds. The summed E-state index contributed by atoms with van der Waals surface area (Å²) in [6.07, 6.45) is 2.05. The number of fused-ring (bicyclic) bond motifs is 1. The minimum atomic E-state index is 0.214. The molecule has 1 heterocycles. The van der Waals surface area contributed by atoms with Crippen molar-refractivity contribution in [3.63, 3.8) is 0 Å². The summed E-state index contributed by atoms with van der Waals surface area (Å²) in [5.41, 5.74) is 3.29. The molecule has 0 aliphatic carbocycles. The molecule has 0 radical (unpaired) electrons. The molecule has 1 N–H and O–H groups in total. The Morgan fingerprint density at radius 3 is 2.61 bits per heavy atom. The molecule has 0 bridgehead atoms. The Morgan fingerprint density at radius 1 is 1.11 bits per heavy atom. The Hall–Kier alpha value is -2.11. The van der Waals surface area contributed by atoms with E-state index in [0.717, 1.165) is 35.5 Å². The summed E-state index contributed by atoms with van der Waals surface area (Å²) < 4.78 is 22.6. The molecule has 0 aromatic heterocycles. The standard InChI is InChI=1S/C22H28ClNO4/c1-5-6-27-22-18(23)8-15(9-21(22)26-4)12-24-13-17-11-20-16(7-14(2)28-20)10-19(17)25-3/h8-11,14,24H,5-7,12-13H2,1-4H3. The van der Waals surface area contributed by atoms with Gasteiger partial charge >= 0.3 is 0 Å². The SMILES string of the molecule is CCCOc1c(Cl)cc(CNCc2cc3c(cc2OC)CC(C)O3)cc1OC.